The Morgan fingerprint density at radius 3 is 2.97 bits per heavy atom. The maximum Gasteiger partial charge on any atom is 0.220 e. The molecule has 39 heavy (non-hydrogen) atoms. The predicted molar refractivity (Wildman–Crippen MR) is 142 cm³/mol. The molecule has 1 amide bonds. The van der Waals surface area contributed by atoms with Crippen LogP contribution < -0.4 is 10.1 Å². The summed E-state index contributed by atoms with van der Waals surface area (Å²) in [5, 5.41) is 28.2. The Morgan fingerprint density at radius 1 is 1.36 bits per heavy atom. The molecule has 5 aliphatic rings. The number of rotatable bonds is 10. The molecule has 2 saturated carbocycles. The van der Waals surface area contributed by atoms with E-state index >= 15 is 0 Å². The molecule has 3 heterocycles. The molecule has 1 saturated heterocycles. The fourth-order valence-electron chi connectivity index (χ4n) is 8.86. The van der Waals surface area contributed by atoms with Gasteiger partial charge in [0.15, 0.2) is 17.3 Å². The Morgan fingerprint density at radius 2 is 2.23 bits per heavy atom. The molecule has 1 aromatic carbocycles. The van der Waals surface area contributed by atoms with Gasteiger partial charge in [0, 0.05) is 56.0 Å². The maximum atomic E-state index is 12.9. The van der Waals surface area contributed by atoms with Crippen molar-refractivity contribution in [3.8, 4) is 11.5 Å². The van der Waals surface area contributed by atoms with Gasteiger partial charge in [0.05, 0.1) is 0 Å². The molecule has 2 aliphatic heterocycles. The van der Waals surface area contributed by atoms with Crippen LogP contribution in [0.15, 0.2) is 12.1 Å². The fourth-order valence-corrected chi connectivity index (χ4v) is 8.86. The van der Waals surface area contributed by atoms with Gasteiger partial charge >= 0.3 is 0 Å². The number of hydrogen-bond acceptors (Lipinski definition) is 8. The highest BCUT2D eigenvalue weighted by Crippen LogP contribution is 2.67. The van der Waals surface area contributed by atoms with Gasteiger partial charge in [0.25, 0.3) is 0 Å². The zero-order valence-corrected chi connectivity index (χ0v) is 23.0. The number of aromatic hydroxyl groups is 1. The standard InChI is InChI=1S/C29H40N6O4/c1-3-10-29(38-2)19(15-30-24(37)9-8-23-31-33-34-32-23)14-20-21-13-18-6-7-22(36)26-25(18)28(20,27(29)39-26)11-12-35(21)16-17-4-5-17/h6-7,17,19-21,27,36H,3-5,8-16H2,1-2H3,(H,30,37)(H,31,32,33,34). The number of phenols is 1. The van der Waals surface area contributed by atoms with E-state index < -0.39 is 5.60 Å². The molecular formula is C29H40N6O4. The number of hydrogen-bond donors (Lipinski definition) is 3. The van der Waals surface area contributed by atoms with Gasteiger partial charge in [-0.15, -0.1) is 10.2 Å². The van der Waals surface area contributed by atoms with Gasteiger partial charge in [-0.2, -0.15) is 5.21 Å². The third-order valence-corrected chi connectivity index (χ3v) is 10.6. The summed E-state index contributed by atoms with van der Waals surface area (Å²) in [4.78, 5) is 15.7. The number of amides is 1. The molecule has 0 radical (unpaired) electrons. The van der Waals surface area contributed by atoms with Gasteiger partial charge in [-0.25, -0.2) is 0 Å². The number of H-pyrrole nitrogens is 1. The number of ether oxygens (including phenoxy) is 2. The summed E-state index contributed by atoms with van der Waals surface area (Å²) in [6.45, 7) is 4.98. The van der Waals surface area contributed by atoms with Crippen LogP contribution in [0.2, 0.25) is 0 Å². The number of aryl methyl sites for hydroxylation is 1. The van der Waals surface area contributed by atoms with Gasteiger partial charge in [0.2, 0.25) is 5.91 Å². The number of piperidine rings is 1. The Balaban J connectivity index is 1.23. The molecular weight excluding hydrogens is 496 g/mol. The highest BCUT2D eigenvalue weighted by atomic mass is 16.6. The average Bonchev–Trinajstić information content (AvgIpc) is 3.45. The maximum absolute atomic E-state index is 12.9. The molecule has 10 nitrogen and oxygen atoms in total. The lowest BCUT2D eigenvalue weighted by Gasteiger charge is -2.64. The third-order valence-electron chi connectivity index (χ3n) is 10.6. The van der Waals surface area contributed by atoms with E-state index in [4.69, 9.17) is 9.47 Å². The number of nitrogens with zero attached hydrogens (tertiary/aromatic N) is 4. The number of methoxy groups -OCH3 is 1. The van der Waals surface area contributed by atoms with Crippen LogP contribution in [0.25, 0.3) is 0 Å². The van der Waals surface area contributed by atoms with Crippen molar-refractivity contribution in [1.82, 2.24) is 30.8 Å². The van der Waals surface area contributed by atoms with Crippen LogP contribution in [0.5, 0.6) is 11.5 Å². The van der Waals surface area contributed by atoms with Crippen LogP contribution in [0.3, 0.4) is 0 Å². The van der Waals surface area contributed by atoms with Crippen LogP contribution in [0.1, 0.15) is 68.8 Å². The van der Waals surface area contributed by atoms with Gasteiger partial charge in [-0.1, -0.05) is 24.6 Å². The van der Waals surface area contributed by atoms with Crippen molar-refractivity contribution in [2.45, 2.75) is 87.9 Å². The first-order chi connectivity index (χ1) is 19.0. The lowest BCUT2D eigenvalue weighted by Crippen LogP contribution is -2.73. The minimum Gasteiger partial charge on any atom is -0.504 e. The zero-order valence-electron chi connectivity index (χ0n) is 23.0. The monoisotopic (exact) mass is 536 g/mol. The van der Waals surface area contributed by atoms with Crippen molar-refractivity contribution >= 4 is 5.91 Å². The van der Waals surface area contributed by atoms with E-state index in [1.54, 1.807) is 0 Å². The van der Waals surface area contributed by atoms with Crippen LogP contribution in [-0.4, -0.2) is 81.0 Å². The molecule has 1 aromatic heterocycles. The summed E-state index contributed by atoms with van der Waals surface area (Å²) >= 11 is 0. The van der Waals surface area contributed by atoms with Crippen LogP contribution >= 0.6 is 0 Å². The molecule has 1 spiro atoms. The number of carbonyl (C=O) groups excluding carboxylic acids is 1. The second-order valence-electron chi connectivity index (χ2n) is 12.5. The molecule has 2 aromatic rings. The normalized spacial score (nSPS) is 34.4. The summed E-state index contributed by atoms with van der Waals surface area (Å²) in [6, 6.07) is 4.40. The first-order valence-corrected chi connectivity index (χ1v) is 14.8. The molecule has 210 valence electrons. The lowest BCUT2D eigenvalue weighted by atomic mass is 9.46. The highest BCUT2D eigenvalue weighted by molar-refractivity contribution is 5.76. The lowest BCUT2D eigenvalue weighted by molar-refractivity contribution is -0.206. The third kappa shape index (κ3) is 3.81. The molecule has 2 bridgehead atoms. The van der Waals surface area contributed by atoms with Gasteiger partial charge in [-0.05, 0) is 68.5 Å². The van der Waals surface area contributed by atoms with E-state index in [9.17, 15) is 9.90 Å². The van der Waals surface area contributed by atoms with Gasteiger partial charge in [-0.3, -0.25) is 9.69 Å². The van der Waals surface area contributed by atoms with Crippen molar-refractivity contribution < 1.29 is 19.4 Å². The molecule has 6 unspecified atom stereocenters. The van der Waals surface area contributed by atoms with Crippen molar-refractivity contribution in [2.75, 3.05) is 26.7 Å². The highest BCUT2D eigenvalue weighted by Gasteiger charge is 2.72. The smallest absolute Gasteiger partial charge is 0.220 e. The molecule has 3 N–H and O–H groups in total. The number of benzene rings is 1. The van der Waals surface area contributed by atoms with E-state index in [2.05, 4.69) is 43.8 Å². The Labute approximate surface area is 229 Å². The number of tetrazole rings is 1. The molecule has 3 fully saturated rings. The van der Waals surface area contributed by atoms with Crippen LogP contribution in [0, 0.1) is 17.8 Å². The summed E-state index contributed by atoms with van der Waals surface area (Å²) in [5.41, 5.74) is 1.85. The average molecular weight is 537 g/mol. The van der Waals surface area contributed by atoms with Gasteiger partial charge < -0.3 is 19.9 Å². The van der Waals surface area contributed by atoms with E-state index in [0.717, 1.165) is 44.6 Å². The predicted octanol–water partition coefficient (Wildman–Crippen LogP) is 2.51. The van der Waals surface area contributed by atoms with Crippen molar-refractivity contribution in [1.29, 1.82) is 0 Å². The van der Waals surface area contributed by atoms with E-state index in [0.29, 0.717) is 42.9 Å². The fraction of sp³-hybridized carbons (Fsp3) is 0.724. The van der Waals surface area contributed by atoms with Crippen molar-refractivity contribution in [2.24, 2.45) is 17.8 Å². The van der Waals surface area contributed by atoms with E-state index in [-0.39, 0.29) is 29.1 Å². The molecule has 3 aliphatic carbocycles. The molecule has 7 rings (SSSR count). The molecule has 6 atom stereocenters. The summed E-state index contributed by atoms with van der Waals surface area (Å²) in [7, 11) is 1.81. The van der Waals surface area contributed by atoms with Gasteiger partial charge in [0.1, 0.15) is 11.7 Å². The molecule has 10 heteroatoms. The minimum absolute atomic E-state index is 0.0173. The quantitative estimate of drug-likeness (QED) is 0.423. The Bertz CT molecular complexity index is 1230. The van der Waals surface area contributed by atoms with Crippen molar-refractivity contribution in [3.63, 3.8) is 0 Å². The number of nitrogens with one attached hydrogen (secondary N) is 2. The first kappa shape index (κ1) is 25.3. The topological polar surface area (TPSA) is 125 Å². The summed E-state index contributed by atoms with van der Waals surface area (Å²) < 4.78 is 13.5. The zero-order chi connectivity index (χ0) is 26.8. The van der Waals surface area contributed by atoms with Crippen LogP contribution in [-0.2, 0) is 27.8 Å². The number of aromatic nitrogens is 4. The summed E-state index contributed by atoms with van der Waals surface area (Å²) in [5.74, 6) is 2.77. The van der Waals surface area contributed by atoms with E-state index in [1.165, 1.54) is 30.5 Å². The van der Waals surface area contributed by atoms with Crippen LogP contribution in [0.4, 0.5) is 0 Å². The Hall–Kier alpha value is -2.72. The number of phenolic OH excluding ortho intramolecular Hbond substituents is 1. The largest absolute Gasteiger partial charge is 0.504 e. The number of carbonyl (C=O) groups is 1. The summed E-state index contributed by atoms with van der Waals surface area (Å²) in [6.07, 6.45) is 8.04. The van der Waals surface area contributed by atoms with Crippen molar-refractivity contribution in [3.05, 3.63) is 29.1 Å². The Kier molecular flexibility index (Phi) is 6.11. The first-order valence-electron chi connectivity index (χ1n) is 14.8. The minimum atomic E-state index is -0.560. The second-order valence-corrected chi connectivity index (χ2v) is 12.5. The van der Waals surface area contributed by atoms with E-state index in [1.807, 2.05) is 13.2 Å². The SMILES string of the molecule is CCCC1(OC)C(CNC(=O)CCc2nn[nH]n2)CC2C3Cc4ccc(O)c5c4C2(CCN3CC2CC2)C1O5. The number of aromatic amines is 1. The second kappa shape index (κ2) is 9.44. The number of likely N-dealkylation sites (tertiary alicyclic amines) is 1.